The van der Waals surface area contributed by atoms with Gasteiger partial charge in [-0.2, -0.15) is 0 Å². The zero-order chi connectivity index (χ0) is 14.7. The Morgan fingerprint density at radius 3 is 3.10 bits per heavy atom. The number of piperidine rings is 3. The molecule has 5 heteroatoms. The number of nitrogens with zero attached hydrogens (tertiary/aromatic N) is 1. The normalized spacial score (nSPS) is 30.9. The Morgan fingerprint density at radius 2 is 2.43 bits per heavy atom. The molecule has 1 aromatic heterocycles. The lowest BCUT2D eigenvalue weighted by Gasteiger charge is -2.49. The van der Waals surface area contributed by atoms with E-state index < -0.39 is 0 Å². The van der Waals surface area contributed by atoms with Crippen LogP contribution >= 0.6 is 12.2 Å². The number of hydrogen-bond acceptors (Lipinski definition) is 3. The summed E-state index contributed by atoms with van der Waals surface area (Å²) in [5.74, 6) is 2.39. The highest BCUT2D eigenvalue weighted by Gasteiger charge is 2.38. The largest absolute Gasteiger partial charge is 0.467 e. The van der Waals surface area contributed by atoms with Crippen LogP contribution in [0.4, 0.5) is 0 Å². The lowest BCUT2D eigenvalue weighted by molar-refractivity contribution is 0.0215. The van der Waals surface area contributed by atoms with Gasteiger partial charge in [-0.1, -0.05) is 6.08 Å². The van der Waals surface area contributed by atoms with Crippen molar-refractivity contribution in [2.45, 2.75) is 25.4 Å². The molecule has 1 aromatic rings. The highest BCUT2D eigenvalue weighted by Crippen LogP contribution is 2.36. The Kier molecular flexibility index (Phi) is 4.60. The van der Waals surface area contributed by atoms with E-state index in [1.165, 1.54) is 19.4 Å². The minimum Gasteiger partial charge on any atom is -0.467 e. The number of thiocarbonyl (C=S) groups is 1. The van der Waals surface area contributed by atoms with Crippen molar-refractivity contribution in [3.63, 3.8) is 0 Å². The molecule has 2 N–H and O–H groups in total. The first-order valence-electron chi connectivity index (χ1n) is 7.67. The molecule has 4 nitrogen and oxygen atoms in total. The number of furan rings is 1. The van der Waals surface area contributed by atoms with E-state index in [4.69, 9.17) is 16.6 Å². The van der Waals surface area contributed by atoms with E-state index in [-0.39, 0.29) is 0 Å². The summed E-state index contributed by atoms with van der Waals surface area (Å²) in [7, 11) is 0. The van der Waals surface area contributed by atoms with Gasteiger partial charge in [0, 0.05) is 19.1 Å². The molecule has 4 rings (SSSR count). The summed E-state index contributed by atoms with van der Waals surface area (Å²) in [5, 5.41) is 7.23. The summed E-state index contributed by atoms with van der Waals surface area (Å²) in [5.41, 5.74) is 0. The van der Waals surface area contributed by atoms with Crippen molar-refractivity contribution in [3.8, 4) is 0 Å². The lowest BCUT2D eigenvalue weighted by Crippen LogP contribution is -2.56. The molecular formula is C16H23N3OS. The molecule has 4 unspecified atom stereocenters. The van der Waals surface area contributed by atoms with Gasteiger partial charge in [-0.15, -0.1) is 6.58 Å². The lowest BCUT2D eigenvalue weighted by atomic mass is 9.76. The number of rotatable bonds is 5. The van der Waals surface area contributed by atoms with Crippen LogP contribution < -0.4 is 10.6 Å². The monoisotopic (exact) mass is 305 g/mol. The summed E-state index contributed by atoms with van der Waals surface area (Å²) in [6, 6.07) is 4.43. The van der Waals surface area contributed by atoms with Crippen LogP contribution in [-0.4, -0.2) is 35.7 Å². The molecular weight excluding hydrogens is 282 g/mol. The SMILES string of the molecule is C=CC1CN2CCC1CC2CNC(=S)NCc1ccco1. The molecule has 0 aliphatic carbocycles. The van der Waals surface area contributed by atoms with Crippen molar-refractivity contribution in [1.82, 2.24) is 15.5 Å². The summed E-state index contributed by atoms with van der Waals surface area (Å²) in [6.45, 7) is 7.90. The van der Waals surface area contributed by atoms with E-state index in [1.807, 2.05) is 12.1 Å². The zero-order valence-corrected chi connectivity index (χ0v) is 13.1. The average Bonchev–Trinajstić information content (AvgIpc) is 3.04. The molecule has 3 aliphatic rings. The summed E-state index contributed by atoms with van der Waals surface area (Å²) in [4.78, 5) is 2.58. The summed E-state index contributed by atoms with van der Waals surface area (Å²) in [6.07, 6.45) is 6.38. The minimum atomic E-state index is 0.600. The van der Waals surface area contributed by atoms with Gasteiger partial charge < -0.3 is 15.1 Å². The predicted molar refractivity (Wildman–Crippen MR) is 87.9 cm³/mol. The third-order valence-corrected chi connectivity index (χ3v) is 5.02. The Balaban J connectivity index is 1.41. The maximum absolute atomic E-state index is 5.33. The zero-order valence-electron chi connectivity index (χ0n) is 12.3. The van der Waals surface area contributed by atoms with Crippen molar-refractivity contribution in [1.29, 1.82) is 0 Å². The highest BCUT2D eigenvalue weighted by molar-refractivity contribution is 7.80. The molecule has 114 valence electrons. The van der Waals surface area contributed by atoms with Crippen molar-refractivity contribution >= 4 is 17.3 Å². The first-order chi connectivity index (χ1) is 10.3. The Labute approximate surface area is 131 Å². The average molecular weight is 305 g/mol. The molecule has 2 bridgehead atoms. The van der Waals surface area contributed by atoms with Gasteiger partial charge >= 0.3 is 0 Å². The van der Waals surface area contributed by atoms with Gasteiger partial charge in [0.1, 0.15) is 5.76 Å². The number of fused-ring (bicyclic) bond motifs is 3. The molecule has 4 heterocycles. The van der Waals surface area contributed by atoms with E-state index in [9.17, 15) is 0 Å². The van der Waals surface area contributed by atoms with Gasteiger partial charge in [-0.05, 0) is 55.6 Å². The molecule has 4 atom stereocenters. The Hall–Kier alpha value is -1.33. The molecule has 21 heavy (non-hydrogen) atoms. The second kappa shape index (κ2) is 6.62. The van der Waals surface area contributed by atoms with Crippen LogP contribution in [0.25, 0.3) is 0 Å². The molecule has 0 amide bonds. The molecule has 0 spiro atoms. The third-order valence-electron chi connectivity index (χ3n) is 4.73. The quantitative estimate of drug-likeness (QED) is 0.644. The Bertz CT molecular complexity index is 488. The second-order valence-electron chi connectivity index (χ2n) is 5.98. The first kappa shape index (κ1) is 14.6. The smallest absolute Gasteiger partial charge is 0.166 e. The molecule has 0 radical (unpaired) electrons. The van der Waals surface area contributed by atoms with Crippen molar-refractivity contribution in [3.05, 3.63) is 36.8 Å². The van der Waals surface area contributed by atoms with Crippen molar-refractivity contribution in [2.75, 3.05) is 19.6 Å². The maximum atomic E-state index is 5.33. The number of nitrogens with one attached hydrogen (secondary N) is 2. The molecule has 0 aromatic carbocycles. The van der Waals surface area contributed by atoms with Gasteiger partial charge in [0.2, 0.25) is 0 Å². The van der Waals surface area contributed by atoms with E-state index in [0.29, 0.717) is 23.6 Å². The van der Waals surface area contributed by atoms with Crippen LogP contribution in [0, 0.1) is 11.8 Å². The maximum Gasteiger partial charge on any atom is 0.166 e. The number of hydrogen-bond donors (Lipinski definition) is 2. The van der Waals surface area contributed by atoms with Crippen LogP contribution in [-0.2, 0) is 6.54 Å². The summed E-state index contributed by atoms with van der Waals surface area (Å²) >= 11 is 5.33. The second-order valence-corrected chi connectivity index (χ2v) is 6.38. The van der Waals surface area contributed by atoms with Gasteiger partial charge in [0.25, 0.3) is 0 Å². The van der Waals surface area contributed by atoms with Crippen LogP contribution in [0.2, 0.25) is 0 Å². The predicted octanol–water partition coefficient (Wildman–Crippen LogP) is 2.14. The van der Waals surface area contributed by atoms with Crippen LogP contribution in [0.15, 0.2) is 35.5 Å². The van der Waals surface area contributed by atoms with Crippen LogP contribution in [0.5, 0.6) is 0 Å². The van der Waals surface area contributed by atoms with Crippen LogP contribution in [0.3, 0.4) is 0 Å². The Morgan fingerprint density at radius 1 is 1.52 bits per heavy atom. The third kappa shape index (κ3) is 3.47. The molecule has 0 saturated carbocycles. The summed E-state index contributed by atoms with van der Waals surface area (Å²) < 4.78 is 5.28. The van der Waals surface area contributed by atoms with Gasteiger partial charge in [-0.25, -0.2) is 0 Å². The van der Waals surface area contributed by atoms with E-state index in [1.54, 1.807) is 6.26 Å². The fourth-order valence-corrected chi connectivity index (χ4v) is 3.67. The standard InChI is InChI=1S/C16H23N3OS/c1-2-12-11-19-6-5-13(12)8-14(19)9-17-16(21)18-10-15-4-3-7-20-15/h2-4,7,12-14H,1,5-6,8-11H2,(H2,17,18,21). The van der Waals surface area contributed by atoms with E-state index in [2.05, 4.69) is 28.2 Å². The molecule has 3 saturated heterocycles. The van der Waals surface area contributed by atoms with Crippen molar-refractivity contribution in [2.24, 2.45) is 11.8 Å². The van der Waals surface area contributed by atoms with Gasteiger partial charge in [-0.3, -0.25) is 4.90 Å². The fraction of sp³-hybridized carbons (Fsp3) is 0.562. The fourth-order valence-electron chi connectivity index (χ4n) is 3.51. The molecule has 3 fully saturated rings. The molecule has 3 aliphatic heterocycles. The van der Waals surface area contributed by atoms with Gasteiger partial charge in [0.05, 0.1) is 12.8 Å². The van der Waals surface area contributed by atoms with E-state index >= 15 is 0 Å². The van der Waals surface area contributed by atoms with Crippen LogP contribution in [0.1, 0.15) is 18.6 Å². The van der Waals surface area contributed by atoms with E-state index in [0.717, 1.165) is 24.8 Å². The highest BCUT2D eigenvalue weighted by atomic mass is 32.1. The van der Waals surface area contributed by atoms with Crippen molar-refractivity contribution < 1.29 is 4.42 Å². The minimum absolute atomic E-state index is 0.600. The topological polar surface area (TPSA) is 40.4 Å². The van der Waals surface area contributed by atoms with Gasteiger partial charge in [0.15, 0.2) is 5.11 Å². The first-order valence-corrected chi connectivity index (χ1v) is 8.08.